The van der Waals surface area contributed by atoms with E-state index in [-0.39, 0.29) is 17.2 Å². The van der Waals surface area contributed by atoms with Crippen molar-refractivity contribution in [1.29, 1.82) is 0 Å². The van der Waals surface area contributed by atoms with E-state index in [4.69, 9.17) is 0 Å². The molecule has 0 saturated carbocycles. The Labute approximate surface area is 169 Å². The van der Waals surface area contributed by atoms with Crippen molar-refractivity contribution in [3.05, 3.63) is 29.8 Å². The molecule has 0 bridgehead atoms. The van der Waals surface area contributed by atoms with Gasteiger partial charge in [0.25, 0.3) is 0 Å². The Hall–Kier alpha value is -1.24. The van der Waals surface area contributed by atoms with Crippen molar-refractivity contribution >= 4 is 23.4 Å². The number of nitrogens with one attached hydrogen (secondary N) is 1. The summed E-state index contributed by atoms with van der Waals surface area (Å²) in [5, 5.41) is 3.43. The van der Waals surface area contributed by atoms with Gasteiger partial charge in [0.2, 0.25) is 5.91 Å². The van der Waals surface area contributed by atoms with Crippen LogP contribution in [0.2, 0.25) is 0 Å². The average Bonchev–Trinajstić information content (AvgIpc) is 2.68. The molecule has 0 aromatic heterocycles. The SMILES string of the molecule is CCN(C)C(=O)C(SC)C(C)Nc1ccc(CCN2CCN(C)CC2)cc1. The molecule has 0 radical (unpaired) electrons. The molecule has 5 nitrogen and oxygen atoms in total. The number of nitrogens with zero attached hydrogens (tertiary/aromatic N) is 3. The second kappa shape index (κ2) is 10.9. The van der Waals surface area contributed by atoms with Crippen LogP contribution in [-0.4, -0.2) is 91.5 Å². The molecule has 1 aromatic rings. The topological polar surface area (TPSA) is 38.8 Å². The van der Waals surface area contributed by atoms with Gasteiger partial charge in [-0.15, -0.1) is 11.8 Å². The van der Waals surface area contributed by atoms with Crippen molar-refractivity contribution in [3.63, 3.8) is 0 Å². The molecule has 1 N–H and O–H groups in total. The largest absolute Gasteiger partial charge is 0.381 e. The highest BCUT2D eigenvalue weighted by Gasteiger charge is 2.26. The number of hydrogen-bond donors (Lipinski definition) is 1. The van der Waals surface area contributed by atoms with E-state index < -0.39 is 0 Å². The summed E-state index contributed by atoms with van der Waals surface area (Å²) in [6.45, 7) is 10.6. The van der Waals surface area contributed by atoms with E-state index in [2.05, 4.69) is 53.4 Å². The standard InChI is InChI=1S/C21H36N4OS/c1-6-24(4)21(26)20(27-5)17(2)22-19-9-7-18(8-10-19)11-12-25-15-13-23(3)14-16-25/h7-10,17,20,22H,6,11-16H2,1-5H3. The molecule has 1 amide bonds. The molecular formula is C21H36N4OS. The molecule has 27 heavy (non-hydrogen) atoms. The van der Waals surface area contributed by atoms with Gasteiger partial charge in [-0.1, -0.05) is 12.1 Å². The summed E-state index contributed by atoms with van der Waals surface area (Å²) in [6.07, 6.45) is 3.10. The molecule has 1 aromatic carbocycles. The first-order chi connectivity index (χ1) is 12.9. The third-order valence-electron chi connectivity index (χ3n) is 5.46. The van der Waals surface area contributed by atoms with Crippen LogP contribution >= 0.6 is 11.8 Å². The van der Waals surface area contributed by atoms with Crippen LogP contribution in [0.25, 0.3) is 0 Å². The first kappa shape index (κ1) is 22.1. The van der Waals surface area contributed by atoms with Crippen LogP contribution in [0, 0.1) is 0 Å². The fourth-order valence-electron chi connectivity index (χ4n) is 3.36. The molecule has 6 heteroatoms. The summed E-state index contributed by atoms with van der Waals surface area (Å²) in [5.41, 5.74) is 2.45. The predicted octanol–water partition coefficient (Wildman–Crippen LogP) is 2.49. The number of amides is 1. The lowest BCUT2D eigenvalue weighted by Gasteiger charge is -2.32. The normalized spacial score (nSPS) is 18.1. The zero-order chi connectivity index (χ0) is 19.8. The van der Waals surface area contributed by atoms with Gasteiger partial charge in [0.15, 0.2) is 0 Å². The van der Waals surface area contributed by atoms with Crippen molar-refractivity contribution in [2.75, 3.05) is 64.9 Å². The van der Waals surface area contributed by atoms with Gasteiger partial charge < -0.3 is 20.0 Å². The molecule has 1 saturated heterocycles. The molecule has 0 spiro atoms. The maximum atomic E-state index is 12.5. The molecule has 0 aliphatic carbocycles. The van der Waals surface area contributed by atoms with E-state index in [0.717, 1.165) is 25.2 Å². The van der Waals surface area contributed by atoms with E-state index in [1.54, 1.807) is 16.7 Å². The number of carbonyl (C=O) groups is 1. The van der Waals surface area contributed by atoms with Crippen molar-refractivity contribution in [2.24, 2.45) is 0 Å². The number of anilines is 1. The molecule has 152 valence electrons. The Kier molecular flexibility index (Phi) is 8.93. The summed E-state index contributed by atoms with van der Waals surface area (Å²) in [5.74, 6) is 0.189. The van der Waals surface area contributed by atoms with Gasteiger partial charge in [-0.05, 0) is 51.3 Å². The highest BCUT2D eigenvalue weighted by atomic mass is 32.2. The number of piperazine rings is 1. The zero-order valence-electron chi connectivity index (χ0n) is 17.6. The van der Waals surface area contributed by atoms with Crippen LogP contribution in [0.1, 0.15) is 19.4 Å². The highest BCUT2D eigenvalue weighted by Crippen LogP contribution is 2.19. The molecule has 1 heterocycles. The number of thioether (sulfide) groups is 1. The highest BCUT2D eigenvalue weighted by molar-refractivity contribution is 8.00. The molecule has 2 rings (SSSR count). The minimum Gasteiger partial charge on any atom is -0.381 e. The van der Waals surface area contributed by atoms with Gasteiger partial charge in [-0.2, -0.15) is 0 Å². The van der Waals surface area contributed by atoms with E-state index >= 15 is 0 Å². The predicted molar refractivity (Wildman–Crippen MR) is 118 cm³/mol. The van der Waals surface area contributed by atoms with Gasteiger partial charge in [0, 0.05) is 58.0 Å². The zero-order valence-corrected chi connectivity index (χ0v) is 18.4. The molecule has 1 fully saturated rings. The molecule has 2 unspecified atom stereocenters. The molecule has 1 aliphatic rings. The summed E-state index contributed by atoms with van der Waals surface area (Å²) in [6, 6.07) is 8.78. The van der Waals surface area contributed by atoms with Crippen LogP contribution in [0.15, 0.2) is 24.3 Å². The average molecular weight is 393 g/mol. The molecule has 1 aliphatic heterocycles. The Balaban J connectivity index is 1.84. The first-order valence-corrected chi connectivity index (χ1v) is 11.3. The summed E-state index contributed by atoms with van der Waals surface area (Å²) in [7, 11) is 4.06. The van der Waals surface area contributed by atoms with Gasteiger partial charge in [0.1, 0.15) is 5.25 Å². The fourth-order valence-corrected chi connectivity index (χ4v) is 4.21. The van der Waals surface area contributed by atoms with E-state index in [9.17, 15) is 4.79 Å². The van der Waals surface area contributed by atoms with Gasteiger partial charge in [-0.3, -0.25) is 4.79 Å². The van der Waals surface area contributed by atoms with Gasteiger partial charge in [0.05, 0.1) is 0 Å². The quantitative estimate of drug-likeness (QED) is 0.699. The van der Waals surface area contributed by atoms with Crippen LogP contribution in [0.4, 0.5) is 5.69 Å². The molecular weight excluding hydrogens is 356 g/mol. The lowest BCUT2D eigenvalue weighted by molar-refractivity contribution is -0.129. The number of benzene rings is 1. The van der Waals surface area contributed by atoms with Gasteiger partial charge in [-0.25, -0.2) is 0 Å². The second-order valence-electron chi connectivity index (χ2n) is 7.53. The summed E-state index contributed by atoms with van der Waals surface area (Å²) in [4.78, 5) is 19.2. The first-order valence-electron chi connectivity index (χ1n) is 9.98. The number of carbonyl (C=O) groups excluding carboxylic acids is 1. The number of likely N-dealkylation sites (N-methyl/N-ethyl adjacent to an activating group) is 1. The minimum absolute atomic E-state index is 0.0770. The van der Waals surface area contributed by atoms with Crippen molar-refractivity contribution < 1.29 is 4.79 Å². The smallest absolute Gasteiger partial charge is 0.237 e. The molecule has 2 atom stereocenters. The van der Waals surface area contributed by atoms with Crippen molar-refractivity contribution in [3.8, 4) is 0 Å². The monoisotopic (exact) mass is 392 g/mol. The Morgan fingerprint density at radius 3 is 2.41 bits per heavy atom. The second-order valence-corrected chi connectivity index (χ2v) is 8.51. The lowest BCUT2D eigenvalue weighted by atomic mass is 10.1. The Bertz CT molecular complexity index is 572. The van der Waals surface area contributed by atoms with Crippen molar-refractivity contribution in [2.45, 2.75) is 31.6 Å². The third-order valence-corrected chi connectivity index (χ3v) is 6.58. The van der Waals surface area contributed by atoms with E-state index in [0.29, 0.717) is 0 Å². The maximum Gasteiger partial charge on any atom is 0.237 e. The van der Waals surface area contributed by atoms with Crippen molar-refractivity contribution in [1.82, 2.24) is 14.7 Å². The summed E-state index contributed by atoms with van der Waals surface area (Å²) < 4.78 is 0. The number of hydrogen-bond acceptors (Lipinski definition) is 5. The van der Waals surface area contributed by atoms with E-state index in [1.165, 1.54) is 31.7 Å². The van der Waals surface area contributed by atoms with Crippen LogP contribution in [0.3, 0.4) is 0 Å². The van der Waals surface area contributed by atoms with Crippen LogP contribution in [-0.2, 0) is 11.2 Å². The maximum absolute atomic E-state index is 12.5. The van der Waals surface area contributed by atoms with Crippen LogP contribution in [0.5, 0.6) is 0 Å². The third kappa shape index (κ3) is 6.70. The van der Waals surface area contributed by atoms with Gasteiger partial charge >= 0.3 is 0 Å². The Morgan fingerprint density at radius 1 is 1.22 bits per heavy atom. The van der Waals surface area contributed by atoms with Crippen LogP contribution < -0.4 is 5.32 Å². The lowest BCUT2D eigenvalue weighted by Crippen LogP contribution is -2.45. The minimum atomic E-state index is -0.0770. The number of rotatable bonds is 9. The fraction of sp³-hybridized carbons (Fsp3) is 0.667. The summed E-state index contributed by atoms with van der Waals surface area (Å²) >= 11 is 1.61. The van der Waals surface area contributed by atoms with E-state index in [1.807, 2.05) is 20.2 Å². The Morgan fingerprint density at radius 2 is 1.85 bits per heavy atom.